The van der Waals surface area contributed by atoms with E-state index in [1.54, 1.807) is 6.92 Å². The Balaban J connectivity index is 2.02. The summed E-state index contributed by atoms with van der Waals surface area (Å²) >= 11 is 0. The Bertz CT molecular complexity index is 675. The Hall–Kier alpha value is -1.88. The topological polar surface area (TPSA) is 43.9 Å². The summed E-state index contributed by atoms with van der Waals surface area (Å²) < 4.78 is 0. The van der Waals surface area contributed by atoms with Crippen molar-refractivity contribution in [2.24, 2.45) is 0 Å². The molecule has 148 valence electrons. The van der Waals surface area contributed by atoms with Crippen LogP contribution in [0.5, 0.6) is 0 Å². The average Bonchev–Trinajstić information content (AvgIpc) is 2.69. The second-order valence-corrected chi connectivity index (χ2v) is 7.78. The van der Waals surface area contributed by atoms with Crippen LogP contribution in [0.1, 0.15) is 58.4 Å². The Morgan fingerprint density at radius 3 is 2.52 bits per heavy atom. The molecule has 5 nitrogen and oxygen atoms in total. The van der Waals surface area contributed by atoms with Gasteiger partial charge in [0.15, 0.2) is 0 Å². The van der Waals surface area contributed by atoms with Crippen molar-refractivity contribution in [3.63, 3.8) is 0 Å². The fourth-order valence-corrected chi connectivity index (χ4v) is 4.76. The molecule has 0 N–H and O–H groups in total. The summed E-state index contributed by atoms with van der Waals surface area (Å²) in [6.07, 6.45) is 5.01. The molecule has 0 spiro atoms. The van der Waals surface area contributed by atoms with Gasteiger partial charge in [0.05, 0.1) is 0 Å². The average molecular weight is 372 g/mol. The van der Waals surface area contributed by atoms with Gasteiger partial charge in [-0.25, -0.2) is 0 Å². The molecule has 0 aromatic heterocycles. The second-order valence-electron chi connectivity index (χ2n) is 7.78. The van der Waals surface area contributed by atoms with Crippen molar-refractivity contribution in [3.8, 4) is 0 Å². The molecule has 1 aromatic carbocycles. The van der Waals surface area contributed by atoms with Crippen LogP contribution in [0.2, 0.25) is 0 Å². The van der Waals surface area contributed by atoms with Gasteiger partial charge < -0.3 is 9.80 Å². The lowest BCUT2D eigenvalue weighted by atomic mass is 9.93. The molecule has 0 radical (unpaired) electrons. The highest BCUT2D eigenvalue weighted by atomic mass is 16.2. The standard InChI is InChI=1S/C22H33N3O2/c1-4-22(27)25-14-13-19-10-8-11-20(24(19)5-2)16-23(17(3)26)15-18-9-6-7-12-21(18)25/h6-7,9,12,19-20H,4-5,8,10-11,13-16H2,1-3H3. The van der Waals surface area contributed by atoms with Crippen LogP contribution < -0.4 is 4.90 Å². The second kappa shape index (κ2) is 8.87. The van der Waals surface area contributed by atoms with Crippen LogP contribution in [-0.2, 0) is 16.1 Å². The van der Waals surface area contributed by atoms with E-state index in [-0.39, 0.29) is 11.8 Å². The number of amides is 2. The third kappa shape index (κ3) is 4.34. The number of benzene rings is 1. The normalized spacial score (nSPS) is 24.1. The minimum atomic E-state index is 0.107. The summed E-state index contributed by atoms with van der Waals surface area (Å²) in [5.74, 6) is 0.266. The number of fused-ring (bicyclic) bond motifs is 3. The molecule has 3 rings (SSSR count). The fraction of sp³-hybridized carbons (Fsp3) is 0.636. The minimum Gasteiger partial charge on any atom is -0.337 e. The quantitative estimate of drug-likeness (QED) is 0.800. The molecular formula is C22H33N3O2. The van der Waals surface area contributed by atoms with Gasteiger partial charge in [-0.15, -0.1) is 0 Å². The van der Waals surface area contributed by atoms with Crippen molar-refractivity contribution < 1.29 is 9.59 Å². The molecule has 0 saturated carbocycles. The summed E-state index contributed by atoms with van der Waals surface area (Å²) in [6, 6.07) is 8.98. The molecular weight excluding hydrogens is 338 g/mol. The highest BCUT2D eigenvalue weighted by Gasteiger charge is 2.33. The van der Waals surface area contributed by atoms with E-state index in [9.17, 15) is 9.59 Å². The lowest BCUT2D eigenvalue weighted by Crippen LogP contribution is -2.52. The zero-order chi connectivity index (χ0) is 19.4. The first-order valence-electron chi connectivity index (χ1n) is 10.4. The van der Waals surface area contributed by atoms with Crippen LogP contribution in [0.15, 0.2) is 24.3 Å². The SMILES string of the molecule is CCC(=O)N1CCC2CCCC(CN(C(C)=O)Cc3ccccc31)N2CC. The first kappa shape index (κ1) is 19.9. The van der Waals surface area contributed by atoms with E-state index in [1.807, 2.05) is 34.9 Å². The maximum absolute atomic E-state index is 12.8. The van der Waals surface area contributed by atoms with Gasteiger partial charge in [0.25, 0.3) is 0 Å². The third-order valence-corrected chi connectivity index (χ3v) is 6.19. The van der Waals surface area contributed by atoms with E-state index >= 15 is 0 Å². The number of para-hydroxylation sites is 1. The van der Waals surface area contributed by atoms with Crippen LogP contribution in [-0.4, -0.2) is 53.3 Å². The molecule has 1 fully saturated rings. The minimum absolute atomic E-state index is 0.107. The molecule has 0 aliphatic carbocycles. The van der Waals surface area contributed by atoms with Crippen LogP contribution in [0.3, 0.4) is 0 Å². The summed E-state index contributed by atoms with van der Waals surface area (Å²) in [5.41, 5.74) is 2.03. The van der Waals surface area contributed by atoms with Gasteiger partial charge in [-0.3, -0.25) is 14.5 Å². The van der Waals surface area contributed by atoms with Crippen molar-refractivity contribution in [3.05, 3.63) is 29.8 Å². The Labute approximate surface area is 163 Å². The monoisotopic (exact) mass is 371 g/mol. The molecule has 2 unspecified atom stereocenters. The molecule has 1 saturated heterocycles. The number of hydrogen-bond acceptors (Lipinski definition) is 3. The van der Waals surface area contributed by atoms with Crippen molar-refractivity contribution >= 4 is 17.5 Å². The predicted octanol–water partition coefficient (Wildman–Crippen LogP) is 3.42. The van der Waals surface area contributed by atoms with E-state index in [4.69, 9.17) is 0 Å². The lowest BCUT2D eigenvalue weighted by Gasteiger charge is -2.43. The molecule has 27 heavy (non-hydrogen) atoms. The smallest absolute Gasteiger partial charge is 0.226 e. The number of hydrogen-bond donors (Lipinski definition) is 0. The zero-order valence-corrected chi connectivity index (χ0v) is 17.0. The van der Waals surface area contributed by atoms with E-state index in [0.717, 1.165) is 43.7 Å². The number of anilines is 1. The van der Waals surface area contributed by atoms with E-state index in [0.29, 0.717) is 25.0 Å². The summed E-state index contributed by atoms with van der Waals surface area (Å²) in [4.78, 5) is 31.7. The molecule has 2 heterocycles. The number of carbonyl (C=O) groups is 2. The van der Waals surface area contributed by atoms with Crippen molar-refractivity contribution in [2.45, 2.75) is 71.5 Å². The van der Waals surface area contributed by atoms with Gasteiger partial charge in [0, 0.05) is 50.7 Å². The number of carbonyl (C=O) groups excluding carboxylic acids is 2. The van der Waals surface area contributed by atoms with Crippen LogP contribution >= 0.6 is 0 Å². The van der Waals surface area contributed by atoms with Gasteiger partial charge in [-0.2, -0.15) is 0 Å². The van der Waals surface area contributed by atoms with Gasteiger partial charge in [-0.05, 0) is 37.4 Å². The van der Waals surface area contributed by atoms with Crippen molar-refractivity contribution in [1.29, 1.82) is 0 Å². The number of likely N-dealkylation sites (N-methyl/N-ethyl adjacent to an activating group) is 1. The van der Waals surface area contributed by atoms with Gasteiger partial charge in [-0.1, -0.05) is 38.5 Å². The van der Waals surface area contributed by atoms with Gasteiger partial charge in [0.1, 0.15) is 0 Å². The molecule has 2 aliphatic rings. The number of rotatable bonds is 2. The number of piperidine rings is 1. The lowest BCUT2D eigenvalue weighted by molar-refractivity contribution is -0.130. The van der Waals surface area contributed by atoms with Crippen LogP contribution in [0.25, 0.3) is 0 Å². The first-order valence-corrected chi connectivity index (χ1v) is 10.4. The van der Waals surface area contributed by atoms with Gasteiger partial charge in [0.2, 0.25) is 11.8 Å². The van der Waals surface area contributed by atoms with Crippen molar-refractivity contribution in [2.75, 3.05) is 24.5 Å². The van der Waals surface area contributed by atoms with E-state index in [2.05, 4.69) is 17.9 Å². The Morgan fingerprint density at radius 1 is 1.07 bits per heavy atom. The largest absolute Gasteiger partial charge is 0.337 e. The van der Waals surface area contributed by atoms with Crippen LogP contribution in [0.4, 0.5) is 5.69 Å². The summed E-state index contributed by atoms with van der Waals surface area (Å²) in [6.45, 7) is 8.88. The highest BCUT2D eigenvalue weighted by Crippen LogP contribution is 2.30. The maximum atomic E-state index is 12.8. The molecule has 2 aliphatic heterocycles. The zero-order valence-electron chi connectivity index (χ0n) is 17.0. The Morgan fingerprint density at radius 2 is 1.81 bits per heavy atom. The molecule has 2 atom stereocenters. The van der Waals surface area contributed by atoms with E-state index in [1.165, 1.54) is 12.8 Å². The molecule has 1 aromatic rings. The predicted molar refractivity (Wildman–Crippen MR) is 109 cm³/mol. The van der Waals surface area contributed by atoms with Crippen molar-refractivity contribution in [1.82, 2.24) is 9.80 Å². The Kier molecular flexibility index (Phi) is 6.53. The van der Waals surface area contributed by atoms with Gasteiger partial charge >= 0.3 is 0 Å². The fourth-order valence-electron chi connectivity index (χ4n) is 4.76. The van der Waals surface area contributed by atoms with Crippen LogP contribution in [0, 0.1) is 0 Å². The van der Waals surface area contributed by atoms with E-state index < -0.39 is 0 Å². The third-order valence-electron chi connectivity index (χ3n) is 6.19. The number of nitrogens with zero attached hydrogens (tertiary/aromatic N) is 3. The first-order chi connectivity index (χ1) is 13.0. The maximum Gasteiger partial charge on any atom is 0.226 e. The highest BCUT2D eigenvalue weighted by molar-refractivity contribution is 5.94. The summed E-state index contributed by atoms with van der Waals surface area (Å²) in [5, 5.41) is 0. The summed E-state index contributed by atoms with van der Waals surface area (Å²) in [7, 11) is 0. The molecule has 2 bridgehead atoms. The molecule has 2 amide bonds. The molecule has 5 heteroatoms.